The first-order valence-electron chi connectivity index (χ1n) is 7.59. The molecule has 1 atom stereocenters. The van der Waals surface area contributed by atoms with Gasteiger partial charge in [0.05, 0.1) is 6.61 Å². The van der Waals surface area contributed by atoms with Crippen LogP contribution in [-0.2, 0) is 11.3 Å². The molecule has 1 saturated carbocycles. The average Bonchev–Trinajstić information content (AvgIpc) is 2.52. The summed E-state index contributed by atoms with van der Waals surface area (Å²) in [6.07, 6.45) is 4.83. The molecule has 1 aromatic carbocycles. The molecule has 21 heavy (non-hydrogen) atoms. The summed E-state index contributed by atoms with van der Waals surface area (Å²) in [7, 11) is 0. The Balaban J connectivity index is 2.05. The van der Waals surface area contributed by atoms with Crippen molar-refractivity contribution in [3.8, 4) is 23.7 Å². The highest BCUT2D eigenvalue weighted by Gasteiger charge is 2.31. The van der Waals surface area contributed by atoms with E-state index in [1.54, 1.807) is 6.92 Å². The molecule has 0 spiro atoms. The van der Waals surface area contributed by atoms with Crippen LogP contribution in [0.1, 0.15) is 44.6 Å². The second-order valence-corrected chi connectivity index (χ2v) is 5.52. The summed E-state index contributed by atoms with van der Waals surface area (Å²) in [4.78, 5) is 0. The average molecular weight is 282 g/mol. The van der Waals surface area contributed by atoms with E-state index in [1.165, 1.54) is 12.0 Å². The van der Waals surface area contributed by atoms with Gasteiger partial charge in [0.15, 0.2) is 0 Å². The molecule has 1 aromatic rings. The summed E-state index contributed by atoms with van der Waals surface area (Å²) in [6.45, 7) is 2.22. The Bertz CT molecular complexity index is 546. The molecule has 1 aliphatic carbocycles. The quantitative estimate of drug-likeness (QED) is 0.862. The van der Waals surface area contributed by atoms with Crippen molar-refractivity contribution >= 4 is 0 Å². The van der Waals surface area contributed by atoms with Crippen molar-refractivity contribution in [1.82, 2.24) is 0 Å². The SMILES string of the molecule is C[C@H](O)C#CC#CC1(OCc2ccccc2)CCCCC1. The lowest BCUT2D eigenvalue weighted by Crippen LogP contribution is -2.33. The van der Waals surface area contributed by atoms with Crippen LogP contribution < -0.4 is 0 Å². The van der Waals surface area contributed by atoms with Gasteiger partial charge in [0.25, 0.3) is 0 Å². The van der Waals surface area contributed by atoms with Crippen LogP contribution in [0.25, 0.3) is 0 Å². The lowest BCUT2D eigenvalue weighted by atomic mass is 9.85. The highest BCUT2D eigenvalue weighted by atomic mass is 16.5. The number of benzene rings is 1. The Morgan fingerprint density at radius 2 is 1.86 bits per heavy atom. The molecular formula is C19H22O2. The predicted molar refractivity (Wildman–Crippen MR) is 84.3 cm³/mol. The Hall–Kier alpha value is -1.74. The van der Waals surface area contributed by atoms with Gasteiger partial charge in [-0.1, -0.05) is 48.6 Å². The molecule has 2 nitrogen and oxygen atoms in total. The highest BCUT2D eigenvalue weighted by Crippen LogP contribution is 2.32. The van der Waals surface area contributed by atoms with Gasteiger partial charge in [-0.3, -0.25) is 0 Å². The topological polar surface area (TPSA) is 29.5 Å². The van der Waals surface area contributed by atoms with Gasteiger partial charge in [-0.2, -0.15) is 0 Å². The molecule has 0 unspecified atom stereocenters. The zero-order valence-corrected chi connectivity index (χ0v) is 12.6. The molecule has 0 aromatic heterocycles. The van der Waals surface area contributed by atoms with Gasteiger partial charge in [-0.05, 0) is 50.0 Å². The molecule has 0 radical (unpaired) electrons. The first kappa shape index (κ1) is 15.6. The van der Waals surface area contributed by atoms with Gasteiger partial charge in [-0.25, -0.2) is 0 Å². The van der Waals surface area contributed by atoms with Crippen molar-refractivity contribution in [2.45, 2.75) is 57.3 Å². The zero-order chi connectivity index (χ0) is 15.0. The summed E-state index contributed by atoms with van der Waals surface area (Å²) >= 11 is 0. The van der Waals surface area contributed by atoms with Gasteiger partial charge < -0.3 is 9.84 Å². The number of ether oxygens (including phenoxy) is 1. The second-order valence-electron chi connectivity index (χ2n) is 5.52. The maximum atomic E-state index is 9.13. The van der Waals surface area contributed by atoms with Crippen molar-refractivity contribution in [2.75, 3.05) is 0 Å². The number of rotatable bonds is 3. The van der Waals surface area contributed by atoms with Crippen LogP contribution in [-0.4, -0.2) is 16.8 Å². The zero-order valence-electron chi connectivity index (χ0n) is 12.6. The number of hydrogen-bond donors (Lipinski definition) is 1. The van der Waals surface area contributed by atoms with Gasteiger partial charge in [0, 0.05) is 0 Å². The Morgan fingerprint density at radius 3 is 2.52 bits per heavy atom. The van der Waals surface area contributed by atoms with E-state index in [0.717, 1.165) is 25.7 Å². The van der Waals surface area contributed by atoms with Gasteiger partial charge >= 0.3 is 0 Å². The van der Waals surface area contributed by atoms with E-state index in [-0.39, 0.29) is 5.60 Å². The van der Waals surface area contributed by atoms with E-state index in [9.17, 15) is 0 Å². The van der Waals surface area contributed by atoms with E-state index in [4.69, 9.17) is 9.84 Å². The molecule has 0 saturated heterocycles. The summed E-state index contributed by atoms with van der Waals surface area (Å²) in [6, 6.07) is 10.2. The predicted octanol–water partition coefficient (Wildman–Crippen LogP) is 3.29. The minimum absolute atomic E-state index is 0.374. The smallest absolute Gasteiger partial charge is 0.130 e. The van der Waals surface area contributed by atoms with Crippen molar-refractivity contribution in [3.63, 3.8) is 0 Å². The van der Waals surface area contributed by atoms with Crippen molar-refractivity contribution in [1.29, 1.82) is 0 Å². The van der Waals surface area contributed by atoms with Gasteiger partial charge in [-0.15, -0.1) is 0 Å². The van der Waals surface area contributed by atoms with Crippen LogP contribution in [0.2, 0.25) is 0 Å². The monoisotopic (exact) mass is 282 g/mol. The van der Waals surface area contributed by atoms with E-state index < -0.39 is 6.10 Å². The van der Waals surface area contributed by atoms with Crippen LogP contribution in [0.15, 0.2) is 30.3 Å². The maximum absolute atomic E-state index is 9.13. The summed E-state index contributed by atoms with van der Waals surface area (Å²) < 4.78 is 6.16. The fourth-order valence-electron chi connectivity index (χ4n) is 2.51. The van der Waals surface area contributed by atoms with Crippen LogP contribution in [0.3, 0.4) is 0 Å². The first-order chi connectivity index (χ1) is 10.2. The number of hydrogen-bond acceptors (Lipinski definition) is 2. The van der Waals surface area contributed by atoms with Crippen LogP contribution in [0.5, 0.6) is 0 Å². The molecule has 1 N–H and O–H groups in total. The summed E-state index contributed by atoms with van der Waals surface area (Å²) in [5.74, 6) is 11.4. The van der Waals surface area contributed by atoms with E-state index >= 15 is 0 Å². The van der Waals surface area contributed by atoms with Crippen LogP contribution >= 0.6 is 0 Å². The lowest BCUT2D eigenvalue weighted by Gasteiger charge is -2.32. The first-order valence-corrected chi connectivity index (χ1v) is 7.59. The molecule has 0 heterocycles. The molecule has 2 rings (SSSR count). The molecule has 0 amide bonds. The Labute approximate surface area is 127 Å². The number of aliphatic hydroxyl groups is 1. The fourth-order valence-corrected chi connectivity index (χ4v) is 2.51. The number of aliphatic hydroxyl groups excluding tert-OH is 1. The minimum atomic E-state index is -0.633. The van der Waals surface area contributed by atoms with Crippen molar-refractivity contribution in [2.24, 2.45) is 0 Å². The fraction of sp³-hybridized carbons (Fsp3) is 0.474. The Morgan fingerprint density at radius 1 is 1.14 bits per heavy atom. The van der Waals surface area contributed by atoms with Crippen LogP contribution in [0.4, 0.5) is 0 Å². The maximum Gasteiger partial charge on any atom is 0.130 e. The second kappa shape index (κ2) is 7.89. The minimum Gasteiger partial charge on any atom is -0.381 e. The third-order valence-corrected chi connectivity index (χ3v) is 3.65. The summed E-state index contributed by atoms with van der Waals surface area (Å²) in [5.41, 5.74) is 0.792. The van der Waals surface area contributed by atoms with E-state index in [2.05, 4.69) is 35.8 Å². The Kier molecular flexibility index (Phi) is 5.88. The van der Waals surface area contributed by atoms with E-state index in [0.29, 0.717) is 6.61 Å². The van der Waals surface area contributed by atoms with Crippen molar-refractivity contribution in [3.05, 3.63) is 35.9 Å². The molecule has 2 heteroatoms. The largest absolute Gasteiger partial charge is 0.381 e. The highest BCUT2D eigenvalue weighted by molar-refractivity contribution is 5.31. The van der Waals surface area contributed by atoms with Gasteiger partial charge in [0.1, 0.15) is 11.7 Å². The standard InChI is InChI=1S/C19H22O2/c1-17(20)10-6-9-15-19(13-7-3-8-14-19)21-16-18-11-4-2-5-12-18/h2,4-5,11-12,17,20H,3,7-8,13-14,16H2,1H3/t17-/m0/s1. The molecular weight excluding hydrogens is 260 g/mol. The third kappa shape index (κ3) is 5.27. The molecule has 1 fully saturated rings. The molecule has 0 aliphatic heterocycles. The lowest BCUT2D eigenvalue weighted by molar-refractivity contribution is -0.0369. The van der Waals surface area contributed by atoms with Crippen LogP contribution in [0, 0.1) is 23.7 Å². The molecule has 1 aliphatic rings. The molecule has 110 valence electrons. The van der Waals surface area contributed by atoms with Crippen molar-refractivity contribution < 1.29 is 9.84 Å². The summed E-state index contributed by atoms with van der Waals surface area (Å²) in [5, 5.41) is 9.13. The molecule has 0 bridgehead atoms. The third-order valence-electron chi connectivity index (χ3n) is 3.65. The van der Waals surface area contributed by atoms with E-state index in [1.807, 2.05) is 18.2 Å². The normalized spacial score (nSPS) is 17.8. The van der Waals surface area contributed by atoms with Gasteiger partial charge in [0.2, 0.25) is 0 Å².